The van der Waals surface area contributed by atoms with Crippen LogP contribution >= 0.6 is 11.6 Å². The smallest absolute Gasteiger partial charge is 0.353 e. The van der Waals surface area contributed by atoms with Gasteiger partial charge in [0, 0.05) is 64.8 Å². The predicted octanol–water partition coefficient (Wildman–Crippen LogP) is 4.01. The maximum atomic E-state index is 12.8. The van der Waals surface area contributed by atoms with Gasteiger partial charge >= 0.3 is 12.4 Å². The van der Waals surface area contributed by atoms with Gasteiger partial charge in [-0.3, -0.25) is 0 Å². The maximum Gasteiger partial charge on any atom is 0.417 e. The molecule has 0 N–H and O–H groups in total. The third-order valence-electron chi connectivity index (χ3n) is 6.51. The largest absolute Gasteiger partial charge is 0.417 e. The fraction of sp³-hybridized carbons (Fsp3) is 0.435. The summed E-state index contributed by atoms with van der Waals surface area (Å²) < 4.78 is 76.9. The van der Waals surface area contributed by atoms with Gasteiger partial charge in [0.05, 0.1) is 11.1 Å². The molecular weight excluding hydrogens is 552 g/mol. The van der Waals surface area contributed by atoms with Crippen molar-refractivity contribution in [3.05, 3.63) is 53.1 Å². The molecule has 5 heterocycles. The van der Waals surface area contributed by atoms with E-state index in [2.05, 4.69) is 24.9 Å². The van der Waals surface area contributed by atoms with Crippen LogP contribution < -0.4 is 19.6 Å². The van der Waals surface area contributed by atoms with Crippen LogP contribution in [0.3, 0.4) is 0 Å². The number of alkyl halides is 6. The summed E-state index contributed by atoms with van der Waals surface area (Å²) in [7, 11) is 0. The summed E-state index contributed by atoms with van der Waals surface area (Å²) in [5.74, 6) is 1.68. The Balaban J connectivity index is 1.19. The van der Waals surface area contributed by atoms with Crippen molar-refractivity contribution < 1.29 is 26.3 Å². The number of pyridine rings is 2. The van der Waals surface area contributed by atoms with Crippen LogP contribution in [0.4, 0.5) is 49.9 Å². The molecule has 3 aromatic heterocycles. The fourth-order valence-electron chi connectivity index (χ4n) is 4.37. The van der Waals surface area contributed by atoms with Crippen LogP contribution in [0.2, 0.25) is 5.28 Å². The summed E-state index contributed by atoms with van der Waals surface area (Å²) in [4.78, 5) is 28.6. The number of nitrogens with zero attached hydrogens (tertiary/aromatic N) is 9. The van der Waals surface area contributed by atoms with Gasteiger partial charge in [-0.25, -0.2) is 9.97 Å². The van der Waals surface area contributed by atoms with Crippen molar-refractivity contribution in [1.29, 1.82) is 0 Å². The minimum Gasteiger partial charge on any atom is -0.353 e. The van der Waals surface area contributed by atoms with E-state index in [1.165, 1.54) is 12.1 Å². The lowest BCUT2D eigenvalue weighted by molar-refractivity contribution is -0.138. The summed E-state index contributed by atoms with van der Waals surface area (Å²) in [6, 6.07) is 4.74. The molecule has 208 valence electrons. The van der Waals surface area contributed by atoms with Gasteiger partial charge in [0.2, 0.25) is 17.2 Å². The Morgan fingerprint density at radius 1 is 0.538 bits per heavy atom. The van der Waals surface area contributed by atoms with Crippen LogP contribution in [0.15, 0.2) is 36.7 Å². The van der Waals surface area contributed by atoms with E-state index in [1.54, 1.807) is 0 Å². The first kappa shape index (κ1) is 27.0. The molecule has 2 saturated heterocycles. The minimum absolute atomic E-state index is 0.0219. The number of halogens is 7. The summed E-state index contributed by atoms with van der Waals surface area (Å²) in [6.07, 6.45) is -7.22. The first-order valence-electron chi connectivity index (χ1n) is 12.0. The second-order valence-electron chi connectivity index (χ2n) is 8.96. The number of anilines is 4. The van der Waals surface area contributed by atoms with Crippen LogP contribution in [0.1, 0.15) is 11.1 Å². The standard InChI is InChI=1S/C23H22ClF6N9/c24-19-33-20(38-9-5-36(6-10-38)17-3-1-15(13-31-17)22(25,26)27)35-21(34-19)39-11-7-37(8-12-39)18-4-2-16(14-32-18)23(28,29)30/h1-4,13-14H,5-12H2. The SMILES string of the molecule is FC(F)(F)c1ccc(N2CCN(c3nc(Cl)nc(N4CCN(c5ccc(C(F)(F)F)cn5)CC4)n3)CC2)nc1. The topological polar surface area (TPSA) is 77.4 Å². The zero-order valence-electron chi connectivity index (χ0n) is 20.3. The maximum absolute atomic E-state index is 12.8. The number of hydrogen-bond acceptors (Lipinski definition) is 9. The summed E-state index contributed by atoms with van der Waals surface area (Å²) in [5.41, 5.74) is -1.60. The highest BCUT2D eigenvalue weighted by Gasteiger charge is 2.32. The number of hydrogen-bond donors (Lipinski definition) is 0. The Bertz CT molecular complexity index is 1180. The Kier molecular flexibility index (Phi) is 7.27. The molecule has 0 saturated carbocycles. The highest BCUT2D eigenvalue weighted by atomic mass is 35.5. The van der Waals surface area contributed by atoms with Crippen LogP contribution in [0, 0.1) is 0 Å². The van der Waals surface area contributed by atoms with Crippen molar-refractivity contribution in [3.8, 4) is 0 Å². The Morgan fingerprint density at radius 2 is 0.897 bits per heavy atom. The average Bonchev–Trinajstić information content (AvgIpc) is 2.92. The van der Waals surface area contributed by atoms with Crippen LogP contribution in [0.25, 0.3) is 0 Å². The number of piperazine rings is 2. The molecule has 5 rings (SSSR count). The molecule has 2 aliphatic heterocycles. The van der Waals surface area contributed by atoms with Gasteiger partial charge < -0.3 is 19.6 Å². The van der Waals surface area contributed by atoms with E-state index < -0.39 is 23.5 Å². The van der Waals surface area contributed by atoms with Crippen molar-refractivity contribution in [2.45, 2.75) is 12.4 Å². The molecule has 2 fully saturated rings. The van der Waals surface area contributed by atoms with Gasteiger partial charge in [-0.05, 0) is 35.9 Å². The Hall–Kier alpha value is -3.62. The zero-order chi connectivity index (χ0) is 27.8. The molecule has 39 heavy (non-hydrogen) atoms. The number of rotatable bonds is 4. The van der Waals surface area contributed by atoms with Crippen molar-refractivity contribution in [3.63, 3.8) is 0 Å². The monoisotopic (exact) mass is 573 g/mol. The second-order valence-corrected chi connectivity index (χ2v) is 9.30. The molecular formula is C23H22ClF6N9. The first-order valence-corrected chi connectivity index (χ1v) is 12.3. The lowest BCUT2D eigenvalue weighted by Gasteiger charge is -2.37. The molecule has 0 amide bonds. The lowest BCUT2D eigenvalue weighted by Crippen LogP contribution is -2.48. The van der Waals surface area contributed by atoms with E-state index in [4.69, 9.17) is 11.6 Å². The first-order chi connectivity index (χ1) is 18.5. The molecule has 2 aliphatic rings. The van der Waals surface area contributed by atoms with Gasteiger partial charge in [-0.15, -0.1) is 0 Å². The van der Waals surface area contributed by atoms with Crippen molar-refractivity contribution >= 4 is 35.1 Å². The van der Waals surface area contributed by atoms with Crippen molar-refractivity contribution in [1.82, 2.24) is 24.9 Å². The van der Waals surface area contributed by atoms with E-state index in [1.807, 2.05) is 19.6 Å². The molecule has 0 aliphatic carbocycles. The average molecular weight is 574 g/mol. The van der Waals surface area contributed by atoms with Crippen LogP contribution in [-0.2, 0) is 12.4 Å². The van der Waals surface area contributed by atoms with E-state index in [0.717, 1.165) is 24.5 Å². The van der Waals surface area contributed by atoms with Gasteiger partial charge in [0.15, 0.2) is 0 Å². The molecule has 16 heteroatoms. The summed E-state index contributed by atoms with van der Waals surface area (Å²) >= 11 is 6.20. The molecule has 0 bridgehead atoms. The van der Waals surface area contributed by atoms with Gasteiger partial charge in [-0.2, -0.15) is 41.3 Å². The van der Waals surface area contributed by atoms with Gasteiger partial charge in [0.25, 0.3) is 0 Å². The van der Waals surface area contributed by atoms with E-state index in [9.17, 15) is 26.3 Å². The summed E-state index contributed by atoms with van der Waals surface area (Å²) in [5, 5.41) is 0.0219. The molecule has 0 radical (unpaired) electrons. The van der Waals surface area contributed by atoms with E-state index in [-0.39, 0.29) is 5.28 Å². The van der Waals surface area contributed by atoms with Gasteiger partial charge in [0.1, 0.15) is 11.6 Å². The normalized spacial score (nSPS) is 17.1. The zero-order valence-corrected chi connectivity index (χ0v) is 21.0. The van der Waals surface area contributed by atoms with E-state index >= 15 is 0 Å². The van der Waals surface area contributed by atoms with E-state index in [0.29, 0.717) is 75.9 Å². The lowest BCUT2D eigenvalue weighted by atomic mass is 10.2. The van der Waals surface area contributed by atoms with Crippen molar-refractivity contribution in [2.75, 3.05) is 72.0 Å². The predicted molar refractivity (Wildman–Crippen MR) is 132 cm³/mol. The fourth-order valence-corrected chi connectivity index (χ4v) is 4.52. The molecule has 0 spiro atoms. The second kappa shape index (κ2) is 10.5. The Morgan fingerprint density at radius 3 is 1.21 bits per heavy atom. The molecule has 0 unspecified atom stereocenters. The number of aromatic nitrogens is 5. The highest BCUT2D eigenvalue weighted by Crippen LogP contribution is 2.31. The quantitative estimate of drug-likeness (QED) is 0.430. The Labute approximate surface area is 224 Å². The molecule has 3 aromatic rings. The highest BCUT2D eigenvalue weighted by molar-refractivity contribution is 6.28. The molecule has 0 aromatic carbocycles. The molecule has 9 nitrogen and oxygen atoms in total. The van der Waals surface area contributed by atoms with Crippen molar-refractivity contribution in [2.24, 2.45) is 0 Å². The van der Waals surface area contributed by atoms with Crippen LogP contribution in [0.5, 0.6) is 0 Å². The van der Waals surface area contributed by atoms with Crippen LogP contribution in [-0.4, -0.2) is 77.3 Å². The van der Waals surface area contributed by atoms with Gasteiger partial charge in [-0.1, -0.05) is 0 Å². The summed E-state index contributed by atoms with van der Waals surface area (Å²) in [6.45, 7) is 3.97. The third-order valence-corrected chi connectivity index (χ3v) is 6.68. The minimum atomic E-state index is -4.44. The molecule has 0 atom stereocenters. The third kappa shape index (κ3) is 6.18.